The Labute approximate surface area is 125 Å². The molecule has 1 rings (SSSR count). The SMILES string of the molecule is C[C@@H](OC(=O)C[C@H]1C=CCC1)C(=O)NC(=O)NC(C)(C)C. The lowest BCUT2D eigenvalue weighted by molar-refractivity contribution is -0.155. The largest absolute Gasteiger partial charge is 0.453 e. The van der Waals surface area contributed by atoms with E-state index in [1.165, 1.54) is 6.92 Å². The summed E-state index contributed by atoms with van der Waals surface area (Å²) in [5.41, 5.74) is -0.445. The minimum absolute atomic E-state index is 0.192. The standard InChI is InChI=1S/C15H24N2O4/c1-10(13(19)16-14(20)17-15(2,3)4)21-12(18)9-11-7-5-6-8-11/h5,7,10-11H,6,8-9H2,1-4H3,(H2,16,17,19,20)/t10-,11+/m1/s1. The van der Waals surface area contributed by atoms with E-state index in [4.69, 9.17) is 4.74 Å². The quantitative estimate of drug-likeness (QED) is 0.613. The Morgan fingerprint density at radius 3 is 2.52 bits per heavy atom. The summed E-state index contributed by atoms with van der Waals surface area (Å²) in [6.07, 6.45) is 5.20. The van der Waals surface area contributed by atoms with Gasteiger partial charge in [0.1, 0.15) is 0 Å². The highest BCUT2D eigenvalue weighted by molar-refractivity contribution is 5.97. The van der Waals surface area contributed by atoms with Crippen molar-refractivity contribution >= 4 is 17.9 Å². The van der Waals surface area contributed by atoms with Crippen molar-refractivity contribution in [1.29, 1.82) is 0 Å². The summed E-state index contributed by atoms with van der Waals surface area (Å²) in [6.45, 7) is 6.85. The number of hydrogen-bond acceptors (Lipinski definition) is 4. The van der Waals surface area contributed by atoms with E-state index in [1.54, 1.807) is 20.8 Å². The van der Waals surface area contributed by atoms with Crippen LogP contribution < -0.4 is 10.6 Å². The second-order valence-corrected chi connectivity index (χ2v) is 6.30. The number of nitrogens with one attached hydrogen (secondary N) is 2. The average Bonchev–Trinajstić information content (AvgIpc) is 2.78. The molecule has 0 bridgehead atoms. The molecule has 6 heteroatoms. The monoisotopic (exact) mass is 296 g/mol. The van der Waals surface area contributed by atoms with E-state index in [1.807, 2.05) is 12.2 Å². The molecule has 21 heavy (non-hydrogen) atoms. The Morgan fingerprint density at radius 2 is 2.00 bits per heavy atom. The summed E-state index contributed by atoms with van der Waals surface area (Å²) in [5, 5.41) is 4.75. The lowest BCUT2D eigenvalue weighted by Crippen LogP contribution is -2.50. The van der Waals surface area contributed by atoms with Gasteiger partial charge in [-0.2, -0.15) is 0 Å². The number of esters is 1. The molecule has 118 valence electrons. The van der Waals surface area contributed by atoms with Crippen molar-refractivity contribution in [3.05, 3.63) is 12.2 Å². The lowest BCUT2D eigenvalue weighted by Gasteiger charge is -2.21. The molecule has 0 aromatic heterocycles. The summed E-state index contributed by atoms with van der Waals surface area (Å²) in [7, 11) is 0. The van der Waals surface area contributed by atoms with E-state index in [0.717, 1.165) is 12.8 Å². The van der Waals surface area contributed by atoms with Crippen molar-refractivity contribution in [3.63, 3.8) is 0 Å². The number of urea groups is 1. The first-order valence-corrected chi connectivity index (χ1v) is 7.16. The van der Waals surface area contributed by atoms with Gasteiger partial charge in [0.15, 0.2) is 6.10 Å². The van der Waals surface area contributed by atoms with Gasteiger partial charge in [-0.05, 0) is 46.5 Å². The number of rotatable bonds is 4. The molecule has 2 N–H and O–H groups in total. The Kier molecular flexibility index (Phi) is 5.93. The highest BCUT2D eigenvalue weighted by Gasteiger charge is 2.23. The Balaban J connectivity index is 2.34. The van der Waals surface area contributed by atoms with E-state index in [0.29, 0.717) is 0 Å². The maximum Gasteiger partial charge on any atom is 0.321 e. The van der Waals surface area contributed by atoms with Gasteiger partial charge in [0, 0.05) is 5.54 Å². The van der Waals surface area contributed by atoms with Crippen LogP contribution in [0.25, 0.3) is 0 Å². The van der Waals surface area contributed by atoms with Crippen LogP contribution in [0.15, 0.2) is 12.2 Å². The molecule has 1 aliphatic carbocycles. The van der Waals surface area contributed by atoms with Crippen LogP contribution in [0.5, 0.6) is 0 Å². The molecule has 0 heterocycles. The summed E-state index contributed by atoms with van der Waals surface area (Å²) >= 11 is 0. The predicted octanol–water partition coefficient (Wildman–Crippen LogP) is 1.90. The normalized spacial score (nSPS) is 19.0. The molecule has 0 saturated heterocycles. The smallest absolute Gasteiger partial charge is 0.321 e. The Bertz CT molecular complexity index is 437. The molecule has 0 spiro atoms. The van der Waals surface area contributed by atoms with Crippen LogP contribution in [-0.2, 0) is 14.3 Å². The fourth-order valence-electron chi connectivity index (χ4n) is 1.96. The van der Waals surface area contributed by atoms with Gasteiger partial charge in [0.05, 0.1) is 6.42 Å². The molecule has 6 nitrogen and oxygen atoms in total. The summed E-state index contributed by atoms with van der Waals surface area (Å²) < 4.78 is 5.04. The van der Waals surface area contributed by atoms with E-state index in [2.05, 4.69) is 10.6 Å². The number of ether oxygens (including phenoxy) is 1. The maximum absolute atomic E-state index is 11.7. The van der Waals surface area contributed by atoms with Crippen molar-refractivity contribution < 1.29 is 19.1 Å². The predicted molar refractivity (Wildman–Crippen MR) is 78.5 cm³/mol. The molecule has 0 aromatic carbocycles. The number of carbonyl (C=O) groups excluding carboxylic acids is 3. The zero-order valence-corrected chi connectivity index (χ0v) is 13.1. The molecule has 0 aliphatic heterocycles. The lowest BCUT2D eigenvalue weighted by atomic mass is 10.1. The summed E-state index contributed by atoms with van der Waals surface area (Å²) in [4.78, 5) is 35.0. The number of amides is 3. The number of carbonyl (C=O) groups is 3. The van der Waals surface area contributed by atoms with Crippen LogP contribution in [0.3, 0.4) is 0 Å². The summed E-state index contributed by atoms with van der Waals surface area (Å²) in [5.74, 6) is -0.866. The third-order valence-corrected chi connectivity index (χ3v) is 2.94. The van der Waals surface area contributed by atoms with Gasteiger partial charge in [-0.15, -0.1) is 0 Å². The van der Waals surface area contributed by atoms with E-state index >= 15 is 0 Å². The number of imide groups is 1. The topological polar surface area (TPSA) is 84.5 Å². The zero-order chi connectivity index (χ0) is 16.0. The average molecular weight is 296 g/mol. The first kappa shape index (κ1) is 17.2. The summed E-state index contributed by atoms with van der Waals surface area (Å²) in [6, 6.07) is -0.603. The highest BCUT2D eigenvalue weighted by atomic mass is 16.5. The van der Waals surface area contributed by atoms with Crippen LogP contribution in [0.1, 0.15) is 47.0 Å². The van der Waals surface area contributed by atoms with Crippen LogP contribution >= 0.6 is 0 Å². The van der Waals surface area contributed by atoms with Crippen LogP contribution in [0.4, 0.5) is 4.79 Å². The zero-order valence-electron chi connectivity index (χ0n) is 13.1. The second-order valence-electron chi connectivity index (χ2n) is 6.30. The van der Waals surface area contributed by atoms with E-state index < -0.39 is 29.6 Å². The first-order chi connectivity index (χ1) is 9.67. The minimum Gasteiger partial charge on any atom is -0.453 e. The maximum atomic E-state index is 11.7. The van der Waals surface area contributed by atoms with Crippen LogP contribution in [0, 0.1) is 5.92 Å². The fourth-order valence-corrected chi connectivity index (χ4v) is 1.96. The second kappa shape index (κ2) is 7.24. The van der Waals surface area contributed by atoms with Gasteiger partial charge in [-0.1, -0.05) is 12.2 Å². The van der Waals surface area contributed by atoms with Gasteiger partial charge < -0.3 is 10.1 Å². The Hall–Kier alpha value is -1.85. The Morgan fingerprint density at radius 1 is 1.33 bits per heavy atom. The van der Waals surface area contributed by atoms with Crippen molar-refractivity contribution in [2.45, 2.75) is 58.6 Å². The molecule has 0 saturated carbocycles. The molecule has 0 radical (unpaired) electrons. The van der Waals surface area contributed by atoms with Crippen molar-refractivity contribution in [2.24, 2.45) is 5.92 Å². The van der Waals surface area contributed by atoms with Crippen molar-refractivity contribution in [1.82, 2.24) is 10.6 Å². The molecule has 0 aromatic rings. The van der Waals surface area contributed by atoms with Gasteiger partial charge in [-0.25, -0.2) is 4.79 Å². The molecular formula is C15H24N2O4. The first-order valence-electron chi connectivity index (χ1n) is 7.16. The minimum atomic E-state index is -0.992. The van der Waals surface area contributed by atoms with Crippen LogP contribution in [0.2, 0.25) is 0 Å². The van der Waals surface area contributed by atoms with E-state index in [-0.39, 0.29) is 12.3 Å². The number of allylic oxidation sites excluding steroid dienone is 2. The third-order valence-electron chi connectivity index (χ3n) is 2.94. The van der Waals surface area contributed by atoms with Gasteiger partial charge >= 0.3 is 12.0 Å². The molecule has 1 aliphatic rings. The third kappa shape index (κ3) is 6.92. The van der Waals surface area contributed by atoms with Gasteiger partial charge in [0.2, 0.25) is 0 Å². The van der Waals surface area contributed by atoms with Crippen molar-refractivity contribution in [2.75, 3.05) is 0 Å². The molecule has 0 unspecified atom stereocenters. The van der Waals surface area contributed by atoms with E-state index in [9.17, 15) is 14.4 Å². The number of hydrogen-bond donors (Lipinski definition) is 2. The van der Waals surface area contributed by atoms with Gasteiger partial charge in [0.25, 0.3) is 5.91 Å². The molecular weight excluding hydrogens is 272 g/mol. The fraction of sp³-hybridized carbons (Fsp3) is 0.667. The molecule has 3 amide bonds. The molecule has 2 atom stereocenters. The van der Waals surface area contributed by atoms with Crippen LogP contribution in [-0.4, -0.2) is 29.6 Å². The van der Waals surface area contributed by atoms with Gasteiger partial charge in [-0.3, -0.25) is 14.9 Å². The molecule has 0 fully saturated rings. The highest BCUT2D eigenvalue weighted by Crippen LogP contribution is 2.20. The van der Waals surface area contributed by atoms with Crippen molar-refractivity contribution in [3.8, 4) is 0 Å².